The summed E-state index contributed by atoms with van der Waals surface area (Å²) in [5, 5.41) is 11.9. The highest BCUT2D eigenvalue weighted by molar-refractivity contribution is 6.01. The van der Waals surface area contributed by atoms with Gasteiger partial charge in [-0.25, -0.2) is 4.98 Å². The van der Waals surface area contributed by atoms with Crippen LogP contribution in [0, 0.1) is 18.8 Å². The van der Waals surface area contributed by atoms with Crippen molar-refractivity contribution in [3.63, 3.8) is 0 Å². The summed E-state index contributed by atoms with van der Waals surface area (Å²) in [4.78, 5) is 6.59. The fraction of sp³-hybridized carbons (Fsp3) is 0.538. The third-order valence-electron chi connectivity index (χ3n) is 3.54. The third-order valence-corrected chi connectivity index (χ3v) is 3.54. The molecule has 0 spiro atoms. The SMILES string of the molecule is Cc1ccc(/C(N)=N/O)c(N(C)CC2CC2C)n1. The molecule has 0 radical (unpaired) electrons. The Balaban J connectivity index is 2.26. The molecule has 5 nitrogen and oxygen atoms in total. The molecule has 0 aliphatic heterocycles. The molecule has 1 fully saturated rings. The van der Waals surface area contributed by atoms with Gasteiger partial charge in [0.1, 0.15) is 5.82 Å². The lowest BCUT2D eigenvalue weighted by Crippen LogP contribution is -2.26. The molecule has 2 atom stereocenters. The van der Waals surface area contributed by atoms with Gasteiger partial charge >= 0.3 is 0 Å². The second-order valence-corrected chi connectivity index (χ2v) is 5.16. The fourth-order valence-corrected chi connectivity index (χ4v) is 2.18. The van der Waals surface area contributed by atoms with Crippen molar-refractivity contribution in [2.45, 2.75) is 20.3 Å². The van der Waals surface area contributed by atoms with Gasteiger partial charge in [0.15, 0.2) is 5.84 Å². The zero-order valence-corrected chi connectivity index (χ0v) is 11.1. The lowest BCUT2D eigenvalue weighted by atomic mass is 10.2. The Kier molecular flexibility index (Phi) is 3.41. The van der Waals surface area contributed by atoms with E-state index in [4.69, 9.17) is 10.9 Å². The van der Waals surface area contributed by atoms with Crippen LogP contribution in [-0.4, -0.2) is 29.6 Å². The lowest BCUT2D eigenvalue weighted by molar-refractivity contribution is 0.318. The number of oxime groups is 1. The first-order chi connectivity index (χ1) is 8.52. The molecule has 1 aliphatic rings. The minimum absolute atomic E-state index is 0.105. The standard InChI is InChI=1S/C13H20N4O/c1-8-6-10(8)7-17(3)13-11(12(14)16-18)5-4-9(2)15-13/h4-5,8,10,18H,6-7H2,1-3H3,(H2,14,16). The Morgan fingerprint density at radius 3 is 2.83 bits per heavy atom. The summed E-state index contributed by atoms with van der Waals surface area (Å²) in [5.41, 5.74) is 7.30. The first kappa shape index (κ1) is 12.7. The summed E-state index contributed by atoms with van der Waals surface area (Å²) in [6.45, 7) is 5.16. The predicted octanol–water partition coefficient (Wildman–Crippen LogP) is 1.58. The summed E-state index contributed by atoms with van der Waals surface area (Å²) in [6.07, 6.45) is 1.27. The van der Waals surface area contributed by atoms with E-state index >= 15 is 0 Å². The van der Waals surface area contributed by atoms with Crippen LogP contribution >= 0.6 is 0 Å². The minimum Gasteiger partial charge on any atom is -0.409 e. The highest BCUT2D eigenvalue weighted by Gasteiger charge is 2.33. The molecule has 1 aromatic heterocycles. The number of hydrogen-bond acceptors (Lipinski definition) is 4. The van der Waals surface area contributed by atoms with E-state index in [9.17, 15) is 0 Å². The number of pyridine rings is 1. The molecule has 98 valence electrons. The van der Waals surface area contributed by atoms with E-state index < -0.39 is 0 Å². The largest absolute Gasteiger partial charge is 0.409 e. The van der Waals surface area contributed by atoms with Crippen molar-refractivity contribution in [1.29, 1.82) is 0 Å². The van der Waals surface area contributed by atoms with E-state index in [0.717, 1.165) is 29.9 Å². The molecule has 0 bridgehead atoms. The maximum Gasteiger partial charge on any atom is 0.173 e. The maximum atomic E-state index is 8.82. The maximum absolute atomic E-state index is 8.82. The van der Waals surface area contributed by atoms with Crippen LogP contribution in [-0.2, 0) is 0 Å². The monoisotopic (exact) mass is 248 g/mol. The molecule has 5 heteroatoms. The van der Waals surface area contributed by atoms with Gasteiger partial charge < -0.3 is 15.8 Å². The molecule has 2 unspecified atom stereocenters. The molecule has 0 aromatic carbocycles. The second kappa shape index (κ2) is 4.84. The van der Waals surface area contributed by atoms with Crippen molar-refractivity contribution >= 4 is 11.7 Å². The van der Waals surface area contributed by atoms with Crippen molar-refractivity contribution in [2.75, 3.05) is 18.5 Å². The van der Waals surface area contributed by atoms with E-state index in [2.05, 4.69) is 22.0 Å². The van der Waals surface area contributed by atoms with Crippen molar-refractivity contribution in [2.24, 2.45) is 22.7 Å². The van der Waals surface area contributed by atoms with Crippen molar-refractivity contribution < 1.29 is 5.21 Å². The zero-order valence-electron chi connectivity index (χ0n) is 11.1. The van der Waals surface area contributed by atoms with Gasteiger partial charge in [-0.05, 0) is 37.3 Å². The number of nitrogens with two attached hydrogens (primary N) is 1. The Hall–Kier alpha value is -1.78. The molecule has 1 saturated carbocycles. The average molecular weight is 248 g/mol. The van der Waals surface area contributed by atoms with E-state index in [0.29, 0.717) is 5.56 Å². The highest BCUT2D eigenvalue weighted by Crippen LogP contribution is 2.38. The van der Waals surface area contributed by atoms with Crippen molar-refractivity contribution in [1.82, 2.24) is 4.98 Å². The normalized spacial score (nSPS) is 22.9. The number of nitrogens with zero attached hydrogens (tertiary/aromatic N) is 3. The van der Waals surface area contributed by atoms with E-state index in [1.54, 1.807) is 0 Å². The molecule has 1 aliphatic carbocycles. The summed E-state index contributed by atoms with van der Waals surface area (Å²) in [5.74, 6) is 2.42. The Morgan fingerprint density at radius 1 is 1.61 bits per heavy atom. The Labute approximate surface area is 107 Å². The Bertz CT molecular complexity index is 472. The zero-order chi connectivity index (χ0) is 13.3. The van der Waals surface area contributed by atoms with Crippen LogP contribution in [0.1, 0.15) is 24.6 Å². The molecule has 1 heterocycles. The van der Waals surface area contributed by atoms with Gasteiger partial charge in [-0.3, -0.25) is 0 Å². The van der Waals surface area contributed by atoms with Crippen LogP contribution < -0.4 is 10.6 Å². The predicted molar refractivity (Wildman–Crippen MR) is 72.0 cm³/mol. The van der Waals surface area contributed by atoms with Crippen molar-refractivity contribution in [3.8, 4) is 0 Å². The first-order valence-corrected chi connectivity index (χ1v) is 6.19. The van der Waals surface area contributed by atoms with Crippen LogP contribution in [0.25, 0.3) is 0 Å². The lowest BCUT2D eigenvalue weighted by Gasteiger charge is -2.21. The van der Waals surface area contributed by atoms with E-state index in [-0.39, 0.29) is 5.84 Å². The number of amidine groups is 1. The molecular formula is C13H20N4O. The smallest absolute Gasteiger partial charge is 0.173 e. The van der Waals surface area contributed by atoms with Gasteiger partial charge in [0, 0.05) is 19.3 Å². The molecule has 18 heavy (non-hydrogen) atoms. The molecule has 0 saturated heterocycles. The molecule has 2 rings (SSSR count). The Morgan fingerprint density at radius 2 is 2.28 bits per heavy atom. The van der Waals surface area contributed by atoms with E-state index in [1.165, 1.54) is 6.42 Å². The number of anilines is 1. The van der Waals surface area contributed by atoms with Crippen LogP contribution in [0.15, 0.2) is 17.3 Å². The van der Waals surface area contributed by atoms with E-state index in [1.807, 2.05) is 26.1 Å². The second-order valence-electron chi connectivity index (χ2n) is 5.16. The average Bonchev–Trinajstić information content (AvgIpc) is 3.03. The van der Waals surface area contributed by atoms with Crippen LogP contribution in [0.4, 0.5) is 5.82 Å². The summed E-state index contributed by atoms with van der Waals surface area (Å²) < 4.78 is 0. The summed E-state index contributed by atoms with van der Waals surface area (Å²) in [6, 6.07) is 3.71. The van der Waals surface area contributed by atoms with Gasteiger partial charge in [-0.15, -0.1) is 0 Å². The number of rotatable bonds is 4. The summed E-state index contributed by atoms with van der Waals surface area (Å²) in [7, 11) is 2.00. The number of hydrogen-bond donors (Lipinski definition) is 2. The van der Waals surface area contributed by atoms with Gasteiger partial charge in [-0.2, -0.15) is 0 Å². The molecule has 3 N–H and O–H groups in total. The quantitative estimate of drug-likeness (QED) is 0.367. The number of aryl methyl sites for hydroxylation is 1. The van der Waals surface area contributed by atoms with Crippen LogP contribution in [0.5, 0.6) is 0 Å². The third kappa shape index (κ3) is 2.55. The topological polar surface area (TPSA) is 74.7 Å². The van der Waals surface area contributed by atoms with Crippen LogP contribution in [0.2, 0.25) is 0 Å². The van der Waals surface area contributed by atoms with Gasteiger partial charge in [0.25, 0.3) is 0 Å². The van der Waals surface area contributed by atoms with Gasteiger partial charge in [0.05, 0.1) is 5.56 Å². The van der Waals surface area contributed by atoms with Crippen LogP contribution in [0.3, 0.4) is 0 Å². The fourth-order valence-electron chi connectivity index (χ4n) is 2.18. The number of aromatic nitrogens is 1. The van der Waals surface area contributed by atoms with Gasteiger partial charge in [-0.1, -0.05) is 12.1 Å². The first-order valence-electron chi connectivity index (χ1n) is 6.19. The molecule has 0 amide bonds. The van der Waals surface area contributed by atoms with Gasteiger partial charge in [0.2, 0.25) is 0 Å². The van der Waals surface area contributed by atoms with Crippen molar-refractivity contribution in [3.05, 3.63) is 23.4 Å². The highest BCUT2D eigenvalue weighted by atomic mass is 16.4. The molecular weight excluding hydrogens is 228 g/mol. The molecule has 1 aromatic rings. The minimum atomic E-state index is 0.105. The summed E-state index contributed by atoms with van der Waals surface area (Å²) >= 11 is 0.